The highest BCUT2D eigenvalue weighted by Crippen LogP contribution is 2.54. The van der Waals surface area contributed by atoms with Gasteiger partial charge in [-0.3, -0.25) is 4.68 Å². The molecule has 0 aliphatic heterocycles. The molecule has 1 fully saturated rings. The van der Waals surface area contributed by atoms with Gasteiger partial charge < -0.3 is 4.52 Å². The highest BCUT2D eigenvalue weighted by atomic mass is 16.5. The monoisotopic (exact) mass is 246 g/mol. The summed E-state index contributed by atoms with van der Waals surface area (Å²) in [6.07, 6.45) is 4.44. The Kier molecular flexibility index (Phi) is 2.50. The third kappa shape index (κ3) is 2.05. The molecule has 1 saturated carbocycles. The Morgan fingerprint density at radius 2 is 2.28 bits per heavy atom. The minimum absolute atomic E-state index is 0.370. The molecule has 2 heterocycles. The second-order valence-corrected chi connectivity index (χ2v) is 5.58. The average Bonchev–Trinajstić information content (AvgIpc) is 2.77. The fourth-order valence-electron chi connectivity index (χ4n) is 2.14. The van der Waals surface area contributed by atoms with Crippen LogP contribution in [0.25, 0.3) is 0 Å². The van der Waals surface area contributed by atoms with E-state index in [-0.39, 0.29) is 0 Å². The summed E-state index contributed by atoms with van der Waals surface area (Å²) in [6, 6.07) is 1.96. The molecular formula is C13H18N4O. The van der Waals surface area contributed by atoms with Crippen LogP contribution >= 0.6 is 0 Å². The fourth-order valence-corrected chi connectivity index (χ4v) is 2.14. The van der Waals surface area contributed by atoms with Crippen LogP contribution in [0.4, 0.5) is 0 Å². The molecule has 1 aliphatic carbocycles. The molecule has 5 heteroatoms. The summed E-state index contributed by atoms with van der Waals surface area (Å²) in [5, 5.41) is 8.41. The summed E-state index contributed by atoms with van der Waals surface area (Å²) in [6.45, 7) is 6.97. The first-order chi connectivity index (χ1) is 8.57. The molecule has 0 saturated heterocycles. The molecule has 5 nitrogen and oxygen atoms in total. The summed E-state index contributed by atoms with van der Waals surface area (Å²) in [7, 11) is 0. The molecule has 0 aromatic carbocycles. The van der Waals surface area contributed by atoms with Crippen molar-refractivity contribution >= 4 is 0 Å². The third-order valence-electron chi connectivity index (χ3n) is 4.03. The van der Waals surface area contributed by atoms with E-state index in [4.69, 9.17) is 4.52 Å². The van der Waals surface area contributed by atoms with Crippen LogP contribution in [0, 0.1) is 12.3 Å². The van der Waals surface area contributed by atoms with Crippen LogP contribution in [-0.4, -0.2) is 19.9 Å². The molecule has 2 aromatic rings. The van der Waals surface area contributed by atoms with Crippen molar-refractivity contribution in [3.8, 4) is 0 Å². The van der Waals surface area contributed by atoms with Gasteiger partial charge in [-0.25, -0.2) is 0 Å². The van der Waals surface area contributed by atoms with Gasteiger partial charge in [0.15, 0.2) is 5.82 Å². The van der Waals surface area contributed by atoms with Crippen molar-refractivity contribution in [1.82, 2.24) is 19.9 Å². The third-order valence-corrected chi connectivity index (χ3v) is 4.03. The number of nitrogens with zero attached hydrogens (tertiary/aromatic N) is 4. The standard InChI is InChI=1S/C13H18N4O/c1-9-4-7-17(15-9)8-11-14-12(16-18-11)10(2)13(3)5-6-13/h4,7,10H,5-6,8H2,1-3H3/t10-/m1/s1. The van der Waals surface area contributed by atoms with E-state index in [1.807, 2.05) is 23.9 Å². The van der Waals surface area contributed by atoms with Gasteiger partial charge in [0.1, 0.15) is 6.54 Å². The summed E-state index contributed by atoms with van der Waals surface area (Å²) in [5.41, 5.74) is 1.37. The number of hydrogen-bond donors (Lipinski definition) is 0. The van der Waals surface area contributed by atoms with Crippen LogP contribution in [0.5, 0.6) is 0 Å². The SMILES string of the molecule is Cc1ccn(Cc2nc([C@@H](C)C3(C)CC3)no2)n1. The zero-order valence-corrected chi connectivity index (χ0v) is 11.1. The van der Waals surface area contributed by atoms with Gasteiger partial charge >= 0.3 is 0 Å². The van der Waals surface area contributed by atoms with Crippen molar-refractivity contribution in [2.24, 2.45) is 5.41 Å². The van der Waals surface area contributed by atoms with E-state index >= 15 is 0 Å². The first kappa shape index (κ1) is 11.4. The molecule has 0 spiro atoms. The molecule has 96 valence electrons. The molecule has 0 N–H and O–H groups in total. The molecule has 0 unspecified atom stereocenters. The lowest BCUT2D eigenvalue weighted by Gasteiger charge is -2.13. The van der Waals surface area contributed by atoms with Gasteiger partial charge in [-0.2, -0.15) is 10.1 Å². The average molecular weight is 246 g/mol. The molecule has 18 heavy (non-hydrogen) atoms. The van der Waals surface area contributed by atoms with E-state index in [0.29, 0.717) is 23.8 Å². The zero-order valence-electron chi connectivity index (χ0n) is 11.1. The van der Waals surface area contributed by atoms with Crippen LogP contribution in [0.3, 0.4) is 0 Å². The van der Waals surface area contributed by atoms with E-state index < -0.39 is 0 Å². The maximum absolute atomic E-state index is 5.30. The maximum atomic E-state index is 5.30. The van der Waals surface area contributed by atoms with Gasteiger partial charge in [-0.15, -0.1) is 0 Å². The van der Waals surface area contributed by atoms with Gasteiger partial charge in [-0.1, -0.05) is 19.0 Å². The first-order valence-corrected chi connectivity index (χ1v) is 6.39. The van der Waals surface area contributed by atoms with E-state index in [1.165, 1.54) is 12.8 Å². The van der Waals surface area contributed by atoms with E-state index in [0.717, 1.165) is 11.5 Å². The Balaban J connectivity index is 1.73. The summed E-state index contributed by atoms with van der Waals surface area (Å²) in [4.78, 5) is 4.48. The Morgan fingerprint density at radius 3 is 2.89 bits per heavy atom. The molecule has 1 aliphatic rings. The van der Waals surface area contributed by atoms with Gasteiger partial charge in [0.25, 0.3) is 0 Å². The minimum Gasteiger partial charge on any atom is -0.337 e. The van der Waals surface area contributed by atoms with Crippen molar-refractivity contribution < 1.29 is 4.52 Å². The van der Waals surface area contributed by atoms with Crippen LogP contribution in [0.2, 0.25) is 0 Å². The number of rotatable bonds is 4. The molecule has 0 radical (unpaired) electrons. The largest absolute Gasteiger partial charge is 0.337 e. The van der Waals surface area contributed by atoms with Gasteiger partial charge in [0.05, 0.1) is 5.69 Å². The first-order valence-electron chi connectivity index (χ1n) is 6.39. The normalized spacial score (nSPS) is 18.8. The smallest absolute Gasteiger partial charge is 0.248 e. The Morgan fingerprint density at radius 1 is 1.50 bits per heavy atom. The highest BCUT2D eigenvalue weighted by Gasteiger charge is 2.44. The lowest BCUT2D eigenvalue weighted by Crippen LogP contribution is -2.08. The van der Waals surface area contributed by atoms with Crippen LogP contribution in [0.15, 0.2) is 16.8 Å². The van der Waals surface area contributed by atoms with Crippen LogP contribution in [0.1, 0.15) is 50.0 Å². The lowest BCUT2D eigenvalue weighted by atomic mass is 9.92. The van der Waals surface area contributed by atoms with Crippen molar-refractivity contribution in [2.75, 3.05) is 0 Å². The quantitative estimate of drug-likeness (QED) is 0.831. The minimum atomic E-state index is 0.370. The van der Waals surface area contributed by atoms with Crippen LogP contribution in [-0.2, 0) is 6.54 Å². The van der Waals surface area contributed by atoms with Crippen molar-refractivity contribution in [3.63, 3.8) is 0 Å². The van der Waals surface area contributed by atoms with E-state index in [1.54, 1.807) is 0 Å². The predicted octanol–water partition coefficient (Wildman–Crippen LogP) is 2.53. The Labute approximate surface area is 106 Å². The summed E-state index contributed by atoms with van der Waals surface area (Å²) in [5.74, 6) is 1.83. The molecule has 1 atom stereocenters. The maximum Gasteiger partial charge on any atom is 0.248 e. The number of aryl methyl sites for hydroxylation is 1. The van der Waals surface area contributed by atoms with Crippen molar-refractivity contribution in [3.05, 3.63) is 29.7 Å². The predicted molar refractivity (Wildman–Crippen MR) is 66.1 cm³/mol. The summed E-state index contributed by atoms with van der Waals surface area (Å²) < 4.78 is 7.12. The van der Waals surface area contributed by atoms with Crippen LogP contribution < -0.4 is 0 Å². The topological polar surface area (TPSA) is 56.7 Å². The van der Waals surface area contributed by atoms with E-state index in [2.05, 4.69) is 29.1 Å². The van der Waals surface area contributed by atoms with Gasteiger partial charge in [0.2, 0.25) is 5.89 Å². The molecular weight excluding hydrogens is 228 g/mol. The molecule has 2 aromatic heterocycles. The summed E-state index contributed by atoms with van der Waals surface area (Å²) >= 11 is 0. The van der Waals surface area contributed by atoms with Crippen molar-refractivity contribution in [1.29, 1.82) is 0 Å². The Bertz CT molecular complexity index is 553. The van der Waals surface area contributed by atoms with E-state index in [9.17, 15) is 0 Å². The van der Waals surface area contributed by atoms with Gasteiger partial charge in [0, 0.05) is 12.1 Å². The molecule has 0 amide bonds. The second-order valence-electron chi connectivity index (χ2n) is 5.58. The van der Waals surface area contributed by atoms with Gasteiger partial charge in [-0.05, 0) is 31.2 Å². The highest BCUT2D eigenvalue weighted by molar-refractivity contribution is 5.07. The molecule has 3 rings (SSSR count). The Hall–Kier alpha value is -1.65. The number of hydrogen-bond acceptors (Lipinski definition) is 4. The number of aromatic nitrogens is 4. The van der Waals surface area contributed by atoms with Crippen molar-refractivity contribution in [2.45, 2.75) is 46.1 Å². The fraction of sp³-hybridized carbons (Fsp3) is 0.615. The zero-order chi connectivity index (χ0) is 12.8. The lowest BCUT2D eigenvalue weighted by molar-refractivity contribution is 0.350. The molecule has 0 bridgehead atoms. The second kappa shape index (κ2) is 3.93.